The summed E-state index contributed by atoms with van der Waals surface area (Å²) in [6, 6.07) is 23.6. The SMILES string of the molecule is CCOc1cc(C=Nn2c(C)nc3ccc(Br)cc3c2=O)cc(Br)c1OCc1cccc2ccccc12. The maximum absolute atomic E-state index is 13.1. The van der Waals surface area contributed by atoms with Crippen LogP contribution in [0, 0.1) is 6.92 Å². The Kier molecular flexibility index (Phi) is 7.39. The molecule has 0 bridgehead atoms. The third-order valence-corrected chi connectivity index (χ3v) is 6.96. The van der Waals surface area contributed by atoms with Crippen LogP contribution in [0.1, 0.15) is 23.9 Å². The van der Waals surface area contributed by atoms with Crippen molar-refractivity contribution < 1.29 is 9.47 Å². The Bertz CT molecular complexity index is 1710. The van der Waals surface area contributed by atoms with Gasteiger partial charge in [0.15, 0.2) is 11.5 Å². The molecule has 0 fully saturated rings. The smallest absolute Gasteiger partial charge is 0.282 e. The molecule has 0 radical (unpaired) electrons. The maximum atomic E-state index is 13.1. The number of hydrogen-bond acceptors (Lipinski definition) is 5. The first-order valence-electron chi connectivity index (χ1n) is 11.7. The molecule has 6 nitrogen and oxygen atoms in total. The highest BCUT2D eigenvalue weighted by Gasteiger charge is 2.14. The van der Waals surface area contributed by atoms with Gasteiger partial charge in [-0.25, -0.2) is 4.98 Å². The largest absolute Gasteiger partial charge is 0.490 e. The summed E-state index contributed by atoms with van der Waals surface area (Å²) >= 11 is 7.05. The van der Waals surface area contributed by atoms with Crippen LogP contribution in [0.4, 0.5) is 0 Å². The zero-order valence-electron chi connectivity index (χ0n) is 20.2. The number of halogens is 2. The van der Waals surface area contributed by atoms with E-state index >= 15 is 0 Å². The summed E-state index contributed by atoms with van der Waals surface area (Å²) in [6.45, 7) is 4.54. The van der Waals surface area contributed by atoms with Gasteiger partial charge in [-0.15, -0.1) is 0 Å². The van der Waals surface area contributed by atoms with Gasteiger partial charge in [0.1, 0.15) is 12.4 Å². The van der Waals surface area contributed by atoms with Gasteiger partial charge in [-0.1, -0.05) is 58.4 Å². The Morgan fingerprint density at radius 2 is 1.78 bits per heavy atom. The van der Waals surface area contributed by atoms with Crippen molar-refractivity contribution in [2.45, 2.75) is 20.5 Å². The van der Waals surface area contributed by atoms with E-state index in [9.17, 15) is 4.79 Å². The van der Waals surface area contributed by atoms with Crippen molar-refractivity contribution in [3.8, 4) is 11.5 Å². The van der Waals surface area contributed by atoms with E-state index in [0.717, 1.165) is 25.5 Å². The van der Waals surface area contributed by atoms with Gasteiger partial charge in [0.2, 0.25) is 0 Å². The quantitative estimate of drug-likeness (QED) is 0.180. The average Bonchev–Trinajstić information content (AvgIpc) is 2.89. The van der Waals surface area contributed by atoms with Gasteiger partial charge in [0.05, 0.1) is 28.2 Å². The molecule has 0 aliphatic rings. The van der Waals surface area contributed by atoms with Crippen LogP contribution in [0.2, 0.25) is 0 Å². The Morgan fingerprint density at radius 1 is 0.973 bits per heavy atom. The van der Waals surface area contributed by atoms with Crippen LogP contribution in [0.25, 0.3) is 21.7 Å². The molecule has 0 aliphatic heterocycles. The molecule has 37 heavy (non-hydrogen) atoms. The van der Waals surface area contributed by atoms with Crippen molar-refractivity contribution in [3.63, 3.8) is 0 Å². The van der Waals surface area contributed by atoms with Crippen molar-refractivity contribution in [2.75, 3.05) is 6.61 Å². The maximum Gasteiger partial charge on any atom is 0.282 e. The Hall–Kier alpha value is -3.49. The molecule has 0 atom stereocenters. The van der Waals surface area contributed by atoms with E-state index in [4.69, 9.17) is 9.47 Å². The van der Waals surface area contributed by atoms with Crippen molar-refractivity contribution in [1.29, 1.82) is 0 Å². The summed E-state index contributed by atoms with van der Waals surface area (Å²) in [5.41, 5.74) is 2.22. The van der Waals surface area contributed by atoms with Gasteiger partial charge < -0.3 is 9.47 Å². The van der Waals surface area contributed by atoms with Crippen LogP contribution in [0.15, 0.2) is 91.6 Å². The van der Waals surface area contributed by atoms with Crippen LogP contribution < -0.4 is 15.0 Å². The highest BCUT2D eigenvalue weighted by Crippen LogP contribution is 2.37. The van der Waals surface area contributed by atoms with Gasteiger partial charge in [-0.2, -0.15) is 9.78 Å². The van der Waals surface area contributed by atoms with Gasteiger partial charge in [-0.05, 0) is 82.0 Å². The molecular weight excluding hydrogens is 598 g/mol. The highest BCUT2D eigenvalue weighted by atomic mass is 79.9. The van der Waals surface area contributed by atoms with Crippen molar-refractivity contribution in [2.24, 2.45) is 5.10 Å². The van der Waals surface area contributed by atoms with Crippen LogP contribution in [-0.4, -0.2) is 22.5 Å². The van der Waals surface area contributed by atoms with E-state index in [1.807, 2.05) is 49.4 Å². The lowest BCUT2D eigenvalue weighted by atomic mass is 10.1. The second-order valence-corrected chi connectivity index (χ2v) is 10.1. The Labute approximate surface area is 230 Å². The molecule has 4 aromatic carbocycles. The lowest BCUT2D eigenvalue weighted by Crippen LogP contribution is -2.20. The number of benzene rings is 4. The minimum atomic E-state index is -0.237. The minimum absolute atomic E-state index is 0.237. The molecular formula is C29H23Br2N3O3. The second-order valence-electron chi connectivity index (χ2n) is 8.37. The van der Waals surface area contributed by atoms with Crippen molar-refractivity contribution in [1.82, 2.24) is 9.66 Å². The third-order valence-electron chi connectivity index (χ3n) is 5.88. The summed E-state index contributed by atoms with van der Waals surface area (Å²) in [4.78, 5) is 17.6. The van der Waals surface area contributed by atoms with Crippen molar-refractivity contribution >= 4 is 59.7 Å². The molecule has 0 saturated carbocycles. The van der Waals surface area contributed by atoms with E-state index in [0.29, 0.717) is 41.4 Å². The molecule has 1 aromatic heterocycles. The molecule has 1 heterocycles. The predicted molar refractivity (Wildman–Crippen MR) is 155 cm³/mol. The molecule has 5 rings (SSSR count). The van der Waals surface area contributed by atoms with Gasteiger partial charge in [0.25, 0.3) is 5.56 Å². The highest BCUT2D eigenvalue weighted by molar-refractivity contribution is 9.10. The summed E-state index contributed by atoms with van der Waals surface area (Å²) in [5.74, 6) is 1.69. The monoisotopic (exact) mass is 619 g/mol. The third kappa shape index (κ3) is 5.31. The van der Waals surface area contributed by atoms with Crippen LogP contribution >= 0.6 is 31.9 Å². The van der Waals surface area contributed by atoms with E-state index in [2.05, 4.69) is 66.2 Å². The number of fused-ring (bicyclic) bond motifs is 2. The normalized spacial score (nSPS) is 11.5. The topological polar surface area (TPSA) is 65.7 Å². The van der Waals surface area contributed by atoms with Gasteiger partial charge in [-0.3, -0.25) is 4.79 Å². The first kappa shape index (κ1) is 25.2. The minimum Gasteiger partial charge on any atom is -0.490 e. The molecule has 186 valence electrons. The molecule has 5 aromatic rings. The van der Waals surface area contributed by atoms with Crippen molar-refractivity contribution in [3.05, 3.63) is 109 Å². The number of aromatic nitrogens is 2. The van der Waals surface area contributed by atoms with E-state index in [1.54, 1.807) is 19.2 Å². The first-order chi connectivity index (χ1) is 17.9. The van der Waals surface area contributed by atoms with Gasteiger partial charge >= 0.3 is 0 Å². The van der Waals surface area contributed by atoms with Crippen LogP contribution in [0.3, 0.4) is 0 Å². The molecule has 0 spiro atoms. The Morgan fingerprint density at radius 3 is 2.62 bits per heavy atom. The fourth-order valence-electron chi connectivity index (χ4n) is 4.15. The molecule has 0 unspecified atom stereocenters. The number of hydrogen-bond donors (Lipinski definition) is 0. The second kappa shape index (κ2) is 10.9. The average molecular weight is 621 g/mol. The fraction of sp³-hybridized carbons (Fsp3) is 0.138. The number of rotatable bonds is 7. The number of ether oxygens (including phenoxy) is 2. The van der Waals surface area contributed by atoms with Gasteiger partial charge in [0, 0.05) is 4.47 Å². The zero-order chi connectivity index (χ0) is 25.9. The molecule has 8 heteroatoms. The van der Waals surface area contributed by atoms with Crippen LogP contribution in [0.5, 0.6) is 11.5 Å². The lowest BCUT2D eigenvalue weighted by Gasteiger charge is -2.15. The van der Waals surface area contributed by atoms with E-state index in [-0.39, 0.29) is 5.56 Å². The molecule has 0 amide bonds. The standard InChI is InChI=1S/C29H23Br2N3O3/c1-3-36-27-14-19(16-32-34-18(2)33-26-12-11-22(30)15-24(26)29(34)35)13-25(31)28(27)37-17-21-9-6-8-20-7-4-5-10-23(20)21/h4-16H,3,17H2,1-2H3. The van der Waals surface area contributed by atoms with E-state index in [1.165, 1.54) is 10.1 Å². The van der Waals surface area contributed by atoms with E-state index < -0.39 is 0 Å². The Balaban J connectivity index is 1.46. The van der Waals surface area contributed by atoms with Crippen LogP contribution in [-0.2, 0) is 6.61 Å². The summed E-state index contributed by atoms with van der Waals surface area (Å²) in [5, 5.41) is 7.25. The summed E-state index contributed by atoms with van der Waals surface area (Å²) in [7, 11) is 0. The zero-order valence-corrected chi connectivity index (χ0v) is 23.4. The lowest BCUT2D eigenvalue weighted by molar-refractivity contribution is 0.268. The fourth-order valence-corrected chi connectivity index (χ4v) is 5.09. The number of aryl methyl sites for hydroxylation is 1. The molecule has 0 saturated heterocycles. The first-order valence-corrected chi connectivity index (χ1v) is 13.3. The summed E-state index contributed by atoms with van der Waals surface area (Å²) < 4.78 is 15.0. The molecule has 0 aliphatic carbocycles. The summed E-state index contributed by atoms with van der Waals surface area (Å²) in [6.07, 6.45) is 1.61. The number of nitrogens with zero attached hydrogens (tertiary/aromatic N) is 3. The predicted octanol–water partition coefficient (Wildman–Crippen LogP) is 7.24. The molecule has 0 N–H and O–H groups in total.